The molecule has 0 aliphatic carbocycles. The molecule has 0 atom stereocenters. The van der Waals surface area contributed by atoms with Gasteiger partial charge in [0, 0.05) is 5.56 Å². The third-order valence-corrected chi connectivity index (χ3v) is 2.08. The fraction of sp³-hybridized carbons (Fsp3) is 0.364. The molecule has 3 heteroatoms. The Morgan fingerprint density at radius 1 is 1.36 bits per heavy atom. The van der Waals surface area contributed by atoms with Gasteiger partial charge in [-0.3, -0.25) is 4.79 Å². The highest BCUT2D eigenvalue weighted by molar-refractivity contribution is 5.97. The molecule has 2 nitrogen and oxygen atoms in total. The summed E-state index contributed by atoms with van der Waals surface area (Å²) in [5.74, 6) is -0.131. The van der Waals surface area contributed by atoms with Crippen LogP contribution in [0.2, 0.25) is 0 Å². The highest BCUT2D eigenvalue weighted by Crippen LogP contribution is 2.24. The van der Waals surface area contributed by atoms with Crippen LogP contribution < -0.4 is 5.73 Å². The van der Waals surface area contributed by atoms with Crippen molar-refractivity contribution in [1.29, 1.82) is 0 Å². The summed E-state index contributed by atoms with van der Waals surface area (Å²) < 4.78 is 13.4. The number of nitrogens with two attached hydrogens (primary N) is 1. The Hall–Kier alpha value is -1.22. The van der Waals surface area contributed by atoms with Gasteiger partial charge in [0.25, 0.3) is 0 Å². The number of rotatable bonds is 3. The van der Waals surface area contributed by atoms with Crippen LogP contribution in [0.1, 0.15) is 29.8 Å². The molecule has 1 aromatic rings. The molecular weight excluding hydrogens is 181 g/mol. The van der Waals surface area contributed by atoms with Gasteiger partial charge in [0.2, 0.25) is 0 Å². The van der Waals surface area contributed by atoms with Crippen LogP contribution in [0.5, 0.6) is 0 Å². The molecule has 1 aromatic carbocycles. The Balaban J connectivity index is 2.95. The number of hydrogen-bond acceptors (Lipinski definition) is 2. The molecule has 0 aliphatic heterocycles. The van der Waals surface area contributed by atoms with E-state index in [1.807, 2.05) is 0 Å². The third-order valence-electron chi connectivity index (χ3n) is 2.08. The quantitative estimate of drug-likeness (QED) is 0.750. The summed E-state index contributed by atoms with van der Waals surface area (Å²) >= 11 is 0. The molecule has 76 valence electrons. The van der Waals surface area contributed by atoms with Crippen LogP contribution in [-0.4, -0.2) is 12.3 Å². The maximum absolute atomic E-state index is 13.4. The molecule has 14 heavy (non-hydrogen) atoms. The van der Waals surface area contributed by atoms with Gasteiger partial charge in [-0.1, -0.05) is 24.3 Å². The van der Waals surface area contributed by atoms with Crippen LogP contribution in [0.25, 0.3) is 0 Å². The second kappa shape index (κ2) is 3.88. The number of ketones is 1. The van der Waals surface area contributed by atoms with Gasteiger partial charge in [-0.2, -0.15) is 0 Å². The molecule has 0 unspecified atom stereocenters. The first-order chi connectivity index (χ1) is 6.45. The normalized spacial score (nSPS) is 11.4. The second-order valence-corrected chi connectivity index (χ2v) is 3.68. The van der Waals surface area contributed by atoms with E-state index in [2.05, 4.69) is 0 Å². The summed E-state index contributed by atoms with van der Waals surface area (Å²) in [6.07, 6.45) is 0. The molecule has 0 spiro atoms. The molecule has 0 amide bonds. The van der Waals surface area contributed by atoms with E-state index in [1.54, 1.807) is 24.3 Å². The summed E-state index contributed by atoms with van der Waals surface area (Å²) in [6.45, 7) is 2.94. The highest BCUT2D eigenvalue weighted by Gasteiger charge is 2.18. The van der Waals surface area contributed by atoms with Crippen LogP contribution in [0.4, 0.5) is 4.39 Å². The van der Waals surface area contributed by atoms with Gasteiger partial charge >= 0.3 is 0 Å². The first-order valence-electron chi connectivity index (χ1n) is 4.48. The Morgan fingerprint density at radius 3 is 2.21 bits per heavy atom. The maximum Gasteiger partial charge on any atom is 0.176 e. The topological polar surface area (TPSA) is 43.1 Å². The number of carbonyl (C=O) groups is 1. The lowest BCUT2D eigenvalue weighted by molar-refractivity contribution is 0.100. The zero-order valence-electron chi connectivity index (χ0n) is 8.38. The number of Topliss-reactive ketones (excluding diaryl/α,β-unsaturated/α-hetero) is 1. The van der Waals surface area contributed by atoms with Gasteiger partial charge in [0.15, 0.2) is 5.78 Å². The van der Waals surface area contributed by atoms with Gasteiger partial charge in [-0.05, 0) is 19.4 Å². The summed E-state index contributed by atoms with van der Waals surface area (Å²) in [5, 5.41) is 0. The van der Waals surface area contributed by atoms with Gasteiger partial charge in [0.1, 0.15) is 5.67 Å². The Labute approximate surface area is 82.9 Å². The van der Waals surface area contributed by atoms with Crippen molar-refractivity contribution < 1.29 is 9.18 Å². The van der Waals surface area contributed by atoms with E-state index in [4.69, 9.17) is 5.73 Å². The van der Waals surface area contributed by atoms with E-state index < -0.39 is 5.67 Å². The van der Waals surface area contributed by atoms with Crippen LogP contribution in [0.15, 0.2) is 24.3 Å². The summed E-state index contributed by atoms with van der Waals surface area (Å²) in [4.78, 5) is 11.2. The van der Waals surface area contributed by atoms with Crippen LogP contribution in [0, 0.1) is 0 Å². The zero-order valence-corrected chi connectivity index (χ0v) is 8.38. The van der Waals surface area contributed by atoms with Crippen molar-refractivity contribution in [2.45, 2.75) is 19.5 Å². The van der Waals surface area contributed by atoms with Crippen LogP contribution in [-0.2, 0) is 5.67 Å². The number of halogens is 1. The predicted molar refractivity (Wildman–Crippen MR) is 54.0 cm³/mol. The van der Waals surface area contributed by atoms with Crippen LogP contribution >= 0.6 is 0 Å². The number of benzene rings is 1. The van der Waals surface area contributed by atoms with Gasteiger partial charge in [-0.15, -0.1) is 0 Å². The van der Waals surface area contributed by atoms with Crippen LogP contribution in [0.3, 0.4) is 0 Å². The minimum Gasteiger partial charge on any atom is -0.324 e. The van der Waals surface area contributed by atoms with E-state index in [0.29, 0.717) is 11.1 Å². The minimum atomic E-state index is -1.37. The van der Waals surface area contributed by atoms with Crippen molar-refractivity contribution in [1.82, 2.24) is 0 Å². The maximum atomic E-state index is 13.4. The van der Waals surface area contributed by atoms with Crippen molar-refractivity contribution in [3.05, 3.63) is 35.4 Å². The molecule has 0 heterocycles. The lowest BCUT2D eigenvalue weighted by atomic mass is 9.98. The summed E-state index contributed by atoms with van der Waals surface area (Å²) in [7, 11) is 0. The van der Waals surface area contributed by atoms with E-state index in [-0.39, 0.29) is 12.3 Å². The van der Waals surface area contributed by atoms with E-state index in [1.165, 1.54) is 13.8 Å². The minimum absolute atomic E-state index is 0.0155. The monoisotopic (exact) mass is 195 g/mol. The molecule has 0 bridgehead atoms. The lowest BCUT2D eigenvalue weighted by Gasteiger charge is -2.14. The number of carbonyl (C=O) groups excluding carboxylic acids is 1. The fourth-order valence-electron chi connectivity index (χ4n) is 1.17. The Morgan fingerprint density at radius 2 is 1.86 bits per heavy atom. The average Bonchev–Trinajstić information content (AvgIpc) is 2.15. The first kappa shape index (κ1) is 10.9. The highest BCUT2D eigenvalue weighted by atomic mass is 19.1. The van der Waals surface area contributed by atoms with Crippen molar-refractivity contribution in [2.75, 3.05) is 6.54 Å². The van der Waals surface area contributed by atoms with E-state index in [9.17, 15) is 9.18 Å². The zero-order chi connectivity index (χ0) is 10.8. The predicted octanol–water partition coefficient (Wildman–Crippen LogP) is 2.03. The summed E-state index contributed by atoms with van der Waals surface area (Å²) in [6, 6.07) is 6.43. The standard InChI is InChI=1S/C11H14FNO/c1-11(2,12)9-5-3-8(4-6-9)10(14)7-13/h3-6H,7,13H2,1-2H3. The van der Waals surface area contributed by atoms with Crippen molar-refractivity contribution >= 4 is 5.78 Å². The molecule has 1 rings (SSSR count). The molecule has 2 N–H and O–H groups in total. The van der Waals surface area contributed by atoms with E-state index in [0.717, 1.165) is 0 Å². The van der Waals surface area contributed by atoms with E-state index >= 15 is 0 Å². The molecular formula is C11H14FNO. The smallest absolute Gasteiger partial charge is 0.176 e. The molecule has 0 fully saturated rings. The second-order valence-electron chi connectivity index (χ2n) is 3.68. The van der Waals surface area contributed by atoms with Gasteiger partial charge in [0.05, 0.1) is 6.54 Å². The molecule has 0 aromatic heterocycles. The lowest BCUT2D eigenvalue weighted by Crippen LogP contribution is -2.14. The molecule has 0 radical (unpaired) electrons. The fourth-order valence-corrected chi connectivity index (χ4v) is 1.17. The summed E-state index contributed by atoms with van der Waals surface area (Å²) in [5.41, 5.74) is 4.92. The number of alkyl halides is 1. The van der Waals surface area contributed by atoms with Gasteiger partial charge < -0.3 is 5.73 Å². The van der Waals surface area contributed by atoms with Gasteiger partial charge in [-0.25, -0.2) is 4.39 Å². The van der Waals surface area contributed by atoms with Crippen molar-refractivity contribution in [2.24, 2.45) is 5.73 Å². The number of hydrogen-bond donors (Lipinski definition) is 1. The molecule has 0 saturated carbocycles. The average molecular weight is 195 g/mol. The van der Waals surface area contributed by atoms with Crippen molar-refractivity contribution in [3.8, 4) is 0 Å². The molecule has 0 aliphatic rings. The Bertz CT molecular complexity index is 324. The SMILES string of the molecule is CC(C)(F)c1ccc(C(=O)CN)cc1. The largest absolute Gasteiger partial charge is 0.324 e. The Kier molecular flexibility index (Phi) is 3.01. The first-order valence-corrected chi connectivity index (χ1v) is 4.48. The van der Waals surface area contributed by atoms with Crippen molar-refractivity contribution in [3.63, 3.8) is 0 Å². The third kappa shape index (κ3) is 2.39. The molecule has 0 saturated heterocycles.